The van der Waals surface area contributed by atoms with Crippen LogP contribution >= 0.6 is 0 Å². The molecular formula is C18H18N4O. The predicted molar refractivity (Wildman–Crippen MR) is 91.0 cm³/mol. The van der Waals surface area contributed by atoms with E-state index in [1.54, 1.807) is 0 Å². The summed E-state index contributed by atoms with van der Waals surface area (Å²) in [5, 5.41) is 6.95. The Labute approximate surface area is 134 Å². The van der Waals surface area contributed by atoms with Gasteiger partial charge in [-0.1, -0.05) is 42.5 Å². The lowest BCUT2D eigenvalue weighted by Gasteiger charge is -2.15. The molecule has 0 saturated heterocycles. The fraction of sp³-hybridized carbons (Fsp3) is 0.167. The molecule has 23 heavy (non-hydrogen) atoms. The van der Waals surface area contributed by atoms with Crippen molar-refractivity contribution in [3.05, 3.63) is 66.5 Å². The Balaban J connectivity index is 1.62. The third kappa shape index (κ3) is 3.63. The number of hydrogen-bond acceptors (Lipinski definition) is 4. The summed E-state index contributed by atoms with van der Waals surface area (Å²) >= 11 is 0. The summed E-state index contributed by atoms with van der Waals surface area (Å²) in [7, 11) is 0. The van der Waals surface area contributed by atoms with Crippen molar-refractivity contribution in [3.63, 3.8) is 0 Å². The Kier molecular flexibility index (Phi) is 4.47. The Morgan fingerprint density at radius 2 is 1.78 bits per heavy atom. The lowest BCUT2D eigenvalue weighted by molar-refractivity contribution is -0.120. The topological polar surface area (TPSA) is 66.9 Å². The second-order valence-electron chi connectivity index (χ2n) is 5.29. The second-order valence-corrected chi connectivity index (χ2v) is 5.29. The fourth-order valence-electron chi connectivity index (χ4n) is 2.43. The molecule has 0 aliphatic rings. The molecule has 3 rings (SSSR count). The van der Waals surface area contributed by atoms with Gasteiger partial charge in [0.05, 0.1) is 18.1 Å². The van der Waals surface area contributed by atoms with E-state index >= 15 is 0 Å². The van der Waals surface area contributed by atoms with Crippen LogP contribution in [0.3, 0.4) is 0 Å². The number of carbonyl (C=O) groups is 1. The molecular weight excluding hydrogens is 288 g/mol. The fourth-order valence-corrected chi connectivity index (χ4v) is 2.43. The first kappa shape index (κ1) is 15.0. The average molecular weight is 306 g/mol. The Morgan fingerprint density at radius 1 is 1.04 bits per heavy atom. The minimum absolute atomic E-state index is 0.0346. The number of rotatable bonds is 5. The van der Waals surface area contributed by atoms with Crippen molar-refractivity contribution in [3.8, 4) is 0 Å². The molecule has 1 heterocycles. The van der Waals surface area contributed by atoms with Gasteiger partial charge < -0.3 is 10.6 Å². The van der Waals surface area contributed by atoms with Crippen LogP contribution in [0.1, 0.15) is 18.5 Å². The maximum absolute atomic E-state index is 12.1. The first-order chi connectivity index (χ1) is 11.2. The molecule has 1 unspecified atom stereocenters. The van der Waals surface area contributed by atoms with Crippen molar-refractivity contribution in [2.45, 2.75) is 13.0 Å². The molecule has 1 amide bonds. The van der Waals surface area contributed by atoms with Gasteiger partial charge in [-0.05, 0) is 24.6 Å². The molecule has 0 spiro atoms. The number of nitrogens with one attached hydrogen (secondary N) is 2. The van der Waals surface area contributed by atoms with Crippen molar-refractivity contribution < 1.29 is 4.79 Å². The minimum atomic E-state index is -0.0796. The first-order valence-corrected chi connectivity index (χ1v) is 7.52. The summed E-state index contributed by atoms with van der Waals surface area (Å²) < 4.78 is 0. The van der Waals surface area contributed by atoms with Gasteiger partial charge in [-0.25, -0.2) is 9.97 Å². The highest BCUT2D eigenvalue weighted by atomic mass is 16.1. The lowest BCUT2D eigenvalue weighted by atomic mass is 10.1. The van der Waals surface area contributed by atoms with Crippen LogP contribution in [0.4, 0.5) is 5.82 Å². The number of nitrogens with zero attached hydrogens (tertiary/aromatic N) is 2. The number of amides is 1. The van der Waals surface area contributed by atoms with Crippen molar-refractivity contribution in [1.29, 1.82) is 0 Å². The molecule has 0 saturated carbocycles. The van der Waals surface area contributed by atoms with E-state index in [1.807, 2.05) is 61.5 Å². The molecule has 2 N–H and O–H groups in total. The molecule has 1 atom stereocenters. The summed E-state index contributed by atoms with van der Waals surface area (Å²) in [6.07, 6.45) is 1.50. The van der Waals surface area contributed by atoms with Crippen molar-refractivity contribution in [1.82, 2.24) is 15.3 Å². The zero-order chi connectivity index (χ0) is 16.1. The van der Waals surface area contributed by atoms with E-state index < -0.39 is 0 Å². The van der Waals surface area contributed by atoms with Crippen LogP contribution in [-0.4, -0.2) is 22.4 Å². The zero-order valence-corrected chi connectivity index (χ0v) is 12.9. The zero-order valence-electron chi connectivity index (χ0n) is 12.9. The second kappa shape index (κ2) is 6.87. The van der Waals surface area contributed by atoms with Gasteiger partial charge in [0, 0.05) is 5.39 Å². The Hall–Kier alpha value is -2.95. The van der Waals surface area contributed by atoms with Crippen LogP contribution in [0.5, 0.6) is 0 Å². The third-order valence-corrected chi connectivity index (χ3v) is 3.64. The number of aromatic nitrogens is 2. The van der Waals surface area contributed by atoms with Gasteiger partial charge in [-0.3, -0.25) is 4.79 Å². The molecule has 5 nitrogen and oxygen atoms in total. The monoisotopic (exact) mass is 306 g/mol. The molecule has 0 aliphatic carbocycles. The van der Waals surface area contributed by atoms with E-state index in [2.05, 4.69) is 20.6 Å². The van der Waals surface area contributed by atoms with Gasteiger partial charge in [0.25, 0.3) is 0 Å². The van der Waals surface area contributed by atoms with Gasteiger partial charge in [0.2, 0.25) is 5.91 Å². The number of benzene rings is 2. The van der Waals surface area contributed by atoms with E-state index in [1.165, 1.54) is 6.33 Å². The van der Waals surface area contributed by atoms with E-state index in [4.69, 9.17) is 0 Å². The molecule has 116 valence electrons. The molecule has 3 aromatic rings. The number of anilines is 1. The van der Waals surface area contributed by atoms with Crippen LogP contribution in [0.15, 0.2) is 60.9 Å². The van der Waals surface area contributed by atoms with Crippen LogP contribution < -0.4 is 10.6 Å². The summed E-state index contributed by atoms with van der Waals surface area (Å²) in [6.45, 7) is 2.13. The van der Waals surface area contributed by atoms with Gasteiger partial charge in [-0.15, -0.1) is 0 Å². The highest BCUT2D eigenvalue weighted by Crippen LogP contribution is 2.18. The van der Waals surface area contributed by atoms with Crippen molar-refractivity contribution >= 4 is 22.6 Å². The first-order valence-electron chi connectivity index (χ1n) is 7.52. The van der Waals surface area contributed by atoms with Crippen LogP contribution in [0.25, 0.3) is 10.9 Å². The summed E-state index contributed by atoms with van der Waals surface area (Å²) in [4.78, 5) is 20.5. The van der Waals surface area contributed by atoms with E-state index in [9.17, 15) is 4.79 Å². The van der Waals surface area contributed by atoms with E-state index in [-0.39, 0.29) is 18.5 Å². The molecule has 0 radical (unpaired) electrons. The smallest absolute Gasteiger partial charge is 0.239 e. The number of hydrogen-bond donors (Lipinski definition) is 2. The number of carbonyl (C=O) groups excluding carboxylic acids is 1. The maximum Gasteiger partial charge on any atom is 0.239 e. The standard InChI is InChI=1S/C18H18N4O/c1-13(14-7-3-2-4-8-14)22-17(23)11-19-18-15-9-5-6-10-16(15)20-12-21-18/h2-10,12-13H,11H2,1H3,(H,22,23)(H,19,20,21). The van der Waals surface area contributed by atoms with Crippen LogP contribution in [0, 0.1) is 0 Å². The molecule has 2 aromatic carbocycles. The minimum Gasteiger partial charge on any atom is -0.360 e. The van der Waals surface area contributed by atoms with Gasteiger partial charge in [-0.2, -0.15) is 0 Å². The SMILES string of the molecule is CC(NC(=O)CNc1ncnc2ccccc12)c1ccccc1. The van der Waals surface area contributed by atoms with E-state index in [0.29, 0.717) is 5.82 Å². The Morgan fingerprint density at radius 3 is 2.61 bits per heavy atom. The van der Waals surface area contributed by atoms with E-state index in [0.717, 1.165) is 16.5 Å². The lowest BCUT2D eigenvalue weighted by Crippen LogP contribution is -2.32. The summed E-state index contributed by atoms with van der Waals surface area (Å²) in [5.41, 5.74) is 1.93. The van der Waals surface area contributed by atoms with Crippen LogP contribution in [-0.2, 0) is 4.79 Å². The quantitative estimate of drug-likeness (QED) is 0.760. The molecule has 0 bridgehead atoms. The maximum atomic E-state index is 12.1. The average Bonchev–Trinajstić information content (AvgIpc) is 2.60. The van der Waals surface area contributed by atoms with Gasteiger partial charge in [0.15, 0.2) is 0 Å². The molecule has 5 heteroatoms. The third-order valence-electron chi connectivity index (χ3n) is 3.64. The van der Waals surface area contributed by atoms with Crippen molar-refractivity contribution in [2.75, 3.05) is 11.9 Å². The van der Waals surface area contributed by atoms with Crippen molar-refractivity contribution in [2.24, 2.45) is 0 Å². The van der Waals surface area contributed by atoms with Crippen LogP contribution in [0.2, 0.25) is 0 Å². The largest absolute Gasteiger partial charge is 0.360 e. The van der Waals surface area contributed by atoms with Gasteiger partial charge in [0.1, 0.15) is 12.1 Å². The van der Waals surface area contributed by atoms with Gasteiger partial charge >= 0.3 is 0 Å². The molecule has 0 aliphatic heterocycles. The number of para-hydroxylation sites is 1. The highest BCUT2D eigenvalue weighted by Gasteiger charge is 2.10. The Bertz CT molecular complexity index is 799. The normalized spacial score (nSPS) is 11.9. The molecule has 0 fully saturated rings. The summed E-state index contributed by atoms with van der Waals surface area (Å²) in [5.74, 6) is 0.585. The summed E-state index contributed by atoms with van der Waals surface area (Å²) in [6, 6.07) is 17.5. The highest BCUT2D eigenvalue weighted by molar-refractivity contribution is 5.90. The predicted octanol–water partition coefficient (Wildman–Crippen LogP) is 2.92. The number of fused-ring (bicyclic) bond motifs is 1. The molecule has 1 aromatic heterocycles.